The van der Waals surface area contributed by atoms with Gasteiger partial charge in [0.1, 0.15) is 18.6 Å². The SMILES string of the molecule is Cc1cc(NC(=O)Cn2nnc(-c3ccc(Cl)cc3-n3cnnn3)n2)no1. The van der Waals surface area contributed by atoms with E-state index in [1.807, 2.05) is 0 Å². The van der Waals surface area contributed by atoms with Gasteiger partial charge in [0.05, 0.1) is 5.69 Å². The molecule has 0 saturated carbocycles. The normalized spacial score (nSPS) is 10.9. The van der Waals surface area contributed by atoms with Crippen LogP contribution in [-0.2, 0) is 11.3 Å². The fourth-order valence-electron chi connectivity index (χ4n) is 2.31. The Balaban J connectivity index is 1.55. The van der Waals surface area contributed by atoms with E-state index in [0.717, 1.165) is 4.80 Å². The van der Waals surface area contributed by atoms with Crippen LogP contribution in [-0.4, -0.2) is 51.5 Å². The van der Waals surface area contributed by atoms with E-state index in [9.17, 15) is 4.79 Å². The molecule has 0 aliphatic rings. The molecule has 0 radical (unpaired) electrons. The maximum Gasteiger partial charge on any atom is 0.249 e. The summed E-state index contributed by atoms with van der Waals surface area (Å²) in [6.45, 7) is 1.58. The van der Waals surface area contributed by atoms with Crippen LogP contribution in [0.25, 0.3) is 17.1 Å². The second kappa shape index (κ2) is 6.92. The maximum atomic E-state index is 12.1. The first-order valence-electron chi connectivity index (χ1n) is 7.63. The van der Waals surface area contributed by atoms with Gasteiger partial charge >= 0.3 is 0 Å². The van der Waals surface area contributed by atoms with Crippen molar-refractivity contribution in [1.29, 1.82) is 0 Å². The second-order valence-electron chi connectivity index (χ2n) is 5.43. The van der Waals surface area contributed by atoms with Crippen LogP contribution in [0.5, 0.6) is 0 Å². The summed E-state index contributed by atoms with van der Waals surface area (Å²) in [4.78, 5) is 13.2. The zero-order chi connectivity index (χ0) is 18.8. The van der Waals surface area contributed by atoms with Crippen LogP contribution in [0.15, 0.2) is 35.1 Å². The third kappa shape index (κ3) is 3.64. The molecule has 1 aromatic carbocycles. The molecule has 0 saturated heterocycles. The van der Waals surface area contributed by atoms with Crippen LogP contribution in [0, 0.1) is 6.92 Å². The fraction of sp³-hybridized carbons (Fsp3) is 0.143. The molecule has 0 unspecified atom stereocenters. The van der Waals surface area contributed by atoms with Crippen molar-refractivity contribution in [3.8, 4) is 17.1 Å². The molecule has 0 spiro atoms. The highest BCUT2D eigenvalue weighted by Gasteiger charge is 2.16. The van der Waals surface area contributed by atoms with E-state index in [2.05, 4.69) is 41.4 Å². The molecule has 1 N–H and O–H groups in total. The molecule has 0 aliphatic carbocycles. The van der Waals surface area contributed by atoms with Gasteiger partial charge in [0.2, 0.25) is 11.7 Å². The average Bonchev–Trinajstić information content (AvgIpc) is 3.37. The number of rotatable bonds is 5. The largest absolute Gasteiger partial charge is 0.360 e. The first-order valence-corrected chi connectivity index (χ1v) is 8.00. The van der Waals surface area contributed by atoms with Gasteiger partial charge in [0, 0.05) is 16.7 Å². The van der Waals surface area contributed by atoms with E-state index in [1.165, 1.54) is 11.0 Å². The van der Waals surface area contributed by atoms with Gasteiger partial charge in [0.15, 0.2) is 5.82 Å². The number of tetrazole rings is 2. The van der Waals surface area contributed by atoms with Gasteiger partial charge in [-0.1, -0.05) is 16.8 Å². The zero-order valence-electron chi connectivity index (χ0n) is 13.8. The second-order valence-corrected chi connectivity index (χ2v) is 5.87. The number of hydrogen-bond donors (Lipinski definition) is 1. The molecular formula is C14H11ClN10O2. The molecular weight excluding hydrogens is 376 g/mol. The molecule has 13 heteroatoms. The van der Waals surface area contributed by atoms with Gasteiger partial charge in [-0.05, 0) is 40.8 Å². The monoisotopic (exact) mass is 386 g/mol. The Kier molecular flexibility index (Phi) is 4.30. The maximum absolute atomic E-state index is 12.1. The lowest BCUT2D eigenvalue weighted by molar-refractivity contribution is -0.117. The highest BCUT2D eigenvalue weighted by Crippen LogP contribution is 2.26. The van der Waals surface area contributed by atoms with Gasteiger partial charge in [-0.15, -0.1) is 15.3 Å². The van der Waals surface area contributed by atoms with Gasteiger partial charge in [0.25, 0.3) is 0 Å². The number of amides is 1. The lowest BCUT2D eigenvalue weighted by Crippen LogP contribution is -2.20. The van der Waals surface area contributed by atoms with E-state index in [0.29, 0.717) is 33.7 Å². The van der Waals surface area contributed by atoms with Crippen LogP contribution < -0.4 is 5.32 Å². The van der Waals surface area contributed by atoms with Gasteiger partial charge in [-0.25, -0.2) is 0 Å². The number of hydrogen-bond acceptors (Lipinski definition) is 9. The molecule has 0 aliphatic heterocycles. The van der Waals surface area contributed by atoms with Gasteiger partial charge in [-0.3, -0.25) is 4.79 Å². The average molecular weight is 387 g/mol. The van der Waals surface area contributed by atoms with E-state index in [-0.39, 0.29) is 12.5 Å². The smallest absolute Gasteiger partial charge is 0.249 e. The Bertz CT molecular complexity index is 1090. The summed E-state index contributed by atoms with van der Waals surface area (Å²) in [7, 11) is 0. The molecule has 0 bridgehead atoms. The molecule has 4 rings (SSSR count). The van der Waals surface area contributed by atoms with Crippen LogP contribution in [0.2, 0.25) is 5.02 Å². The molecule has 1 amide bonds. The van der Waals surface area contributed by atoms with E-state index in [4.69, 9.17) is 16.1 Å². The van der Waals surface area contributed by atoms with Crippen LogP contribution in [0.1, 0.15) is 5.76 Å². The van der Waals surface area contributed by atoms with Crippen LogP contribution >= 0.6 is 11.6 Å². The summed E-state index contributed by atoms with van der Waals surface area (Å²) in [5, 5.41) is 30.0. The van der Waals surface area contributed by atoms with Crippen molar-refractivity contribution in [3.63, 3.8) is 0 Å². The first-order chi connectivity index (χ1) is 13.1. The molecule has 27 heavy (non-hydrogen) atoms. The van der Waals surface area contributed by atoms with Crippen molar-refractivity contribution in [2.24, 2.45) is 0 Å². The molecule has 3 heterocycles. The van der Waals surface area contributed by atoms with Crippen molar-refractivity contribution in [3.05, 3.63) is 41.4 Å². The Hall–Kier alpha value is -3.67. The summed E-state index contributed by atoms with van der Waals surface area (Å²) >= 11 is 6.06. The number of nitrogens with zero attached hydrogens (tertiary/aromatic N) is 9. The molecule has 0 fully saturated rings. The quantitative estimate of drug-likeness (QED) is 0.529. The molecule has 12 nitrogen and oxygen atoms in total. The van der Waals surface area contributed by atoms with Crippen molar-refractivity contribution in [2.45, 2.75) is 13.5 Å². The fourth-order valence-corrected chi connectivity index (χ4v) is 2.48. The van der Waals surface area contributed by atoms with E-state index >= 15 is 0 Å². The number of halogens is 1. The number of carbonyl (C=O) groups is 1. The number of aryl methyl sites for hydroxylation is 1. The zero-order valence-corrected chi connectivity index (χ0v) is 14.6. The standard InChI is InChI=1S/C14H11ClN10O2/c1-8-4-12(20-27-8)17-13(26)6-25-19-14(18-22-25)10-3-2-9(15)5-11(10)24-7-16-21-23-24/h2-5,7H,6H2,1H3,(H,17,20,26). The predicted molar refractivity (Wildman–Crippen MR) is 90.8 cm³/mol. The third-order valence-corrected chi connectivity index (χ3v) is 3.66. The topological polar surface area (TPSA) is 142 Å². The number of anilines is 1. The summed E-state index contributed by atoms with van der Waals surface area (Å²) in [6, 6.07) is 6.68. The Morgan fingerprint density at radius 3 is 2.93 bits per heavy atom. The van der Waals surface area contributed by atoms with Crippen molar-refractivity contribution >= 4 is 23.3 Å². The minimum Gasteiger partial charge on any atom is -0.360 e. The number of benzene rings is 1. The molecule has 3 aromatic heterocycles. The Morgan fingerprint density at radius 1 is 1.30 bits per heavy atom. The van der Waals surface area contributed by atoms with Crippen molar-refractivity contribution in [2.75, 3.05) is 5.32 Å². The van der Waals surface area contributed by atoms with E-state index < -0.39 is 0 Å². The third-order valence-electron chi connectivity index (χ3n) is 3.43. The summed E-state index contributed by atoms with van der Waals surface area (Å²) in [5.74, 6) is 0.826. The number of aromatic nitrogens is 9. The van der Waals surface area contributed by atoms with Crippen molar-refractivity contribution in [1.82, 2.24) is 45.6 Å². The van der Waals surface area contributed by atoms with Crippen LogP contribution in [0.4, 0.5) is 5.82 Å². The summed E-state index contributed by atoms with van der Waals surface area (Å²) in [5.41, 5.74) is 1.18. The molecule has 0 atom stereocenters. The Labute approximate surface area is 156 Å². The lowest BCUT2D eigenvalue weighted by atomic mass is 10.1. The number of carbonyl (C=O) groups excluding carboxylic acids is 1. The predicted octanol–water partition coefficient (Wildman–Crippen LogP) is 0.904. The van der Waals surface area contributed by atoms with E-state index in [1.54, 1.807) is 31.2 Å². The van der Waals surface area contributed by atoms with Gasteiger partial charge in [-0.2, -0.15) is 9.48 Å². The highest BCUT2D eigenvalue weighted by atomic mass is 35.5. The molecule has 4 aromatic rings. The minimum atomic E-state index is -0.371. The van der Waals surface area contributed by atoms with Crippen molar-refractivity contribution < 1.29 is 9.32 Å². The van der Waals surface area contributed by atoms with Gasteiger partial charge < -0.3 is 9.84 Å². The minimum absolute atomic E-state index is 0.146. The summed E-state index contributed by atoms with van der Waals surface area (Å²) in [6.07, 6.45) is 1.42. The van der Waals surface area contributed by atoms with Crippen LogP contribution in [0.3, 0.4) is 0 Å². The number of nitrogens with one attached hydrogen (secondary N) is 1. The lowest BCUT2D eigenvalue weighted by Gasteiger charge is -2.05. The summed E-state index contributed by atoms with van der Waals surface area (Å²) < 4.78 is 6.32. The highest BCUT2D eigenvalue weighted by molar-refractivity contribution is 6.30. The molecule has 136 valence electrons. The first kappa shape index (κ1) is 16.8. The Morgan fingerprint density at radius 2 is 2.19 bits per heavy atom.